The van der Waals surface area contributed by atoms with E-state index in [2.05, 4.69) is 20.4 Å². The van der Waals surface area contributed by atoms with E-state index in [4.69, 9.17) is 19.7 Å². The van der Waals surface area contributed by atoms with Crippen molar-refractivity contribution in [2.75, 3.05) is 18.5 Å². The lowest BCUT2D eigenvalue weighted by molar-refractivity contribution is 0.297. The molecule has 0 saturated heterocycles. The molecule has 8 nitrogen and oxygen atoms in total. The van der Waals surface area contributed by atoms with Crippen LogP contribution < -0.4 is 20.5 Å². The number of fused-ring (bicyclic) bond motifs is 1. The summed E-state index contributed by atoms with van der Waals surface area (Å²) in [5.74, 6) is 2.67. The van der Waals surface area contributed by atoms with Crippen molar-refractivity contribution in [2.45, 2.75) is 19.9 Å². The van der Waals surface area contributed by atoms with Crippen molar-refractivity contribution in [3.8, 4) is 11.5 Å². The summed E-state index contributed by atoms with van der Waals surface area (Å²) >= 11 is 0. The largest absolute Gasteiger partial charge is 0.490 e. The summed E-state index contributed by atoms with van der Waals surface area (Å²) in [5, 5.41) is 6.68. The van der Waals surface area contributed by atoms with Gasteiger partial charge in [0.1, 0.15) is 6.54 Å². The summed E-state index contributed by atoms with van der Waals surface area (Å²) in [6.45, 7) is 3.27. The van der Waals surface area contributed by atoms with Crippen molar-refractivity contribution < 1.29 is 14.0 Å². The molecule has 2 aromatic rings. The van der Waals surface area contributed by atoms with E-state index < -0.39 is 0 Å². The molecule has 3 rings (SSSR count). The Labute approximate surface area is 150 Å². The first-order valence-electron chi connectivity index (χ1n) is 6.96. The molecule has 3 N–H and O–H groups in total. The van der Waals surface area contributed by atoms with Crippen LogP contribution in [-0.2, 0) is 6.54 Å². The van der Waals surface area contributed by atoms with E-state index in [1.54, 1.807) is 6.92 Å². The van der Waals surface area contributed by atoms with Crippen LogP contribution in [0.15, 0.2) is 27.7 Å². The van der Waals surface area contributed by atoms with Crippen LogP contribution in [0.25, 0.3) is 0 Å². The molecule has 1 aliphatic rings. The number of anilines is 1. The number of hydrogen-bond acceptors (Lipinski definition) is 6. The van der Waals surface area contributed by atoms with Crippen molar-refractivity contribution in [1.82, 2.24) is 10.1 Å². The number of aliphatic imine (C=N–C) groups is 1. The number of guanidine groups is 1. The number of rotatable bonds is 3. The van der Waals surface area contributed by atoms with Gasteiger partial charge in [0.05, 0.1) is 13.2 Å². The lowest BCUT2D eigenvalue weighted by Gasteiger charge is -2.10. The standard InChI is InChI=1S/C14H17N5O3.HI/c1-9-17-13(22-19-9)8-16-14(15)18-10-3-4-11-12(7-10)21-6-2-5-20-11;/h3-4,7H,2,5-6,8H2,1H3,(H3,15,16,18);1H. The molecule has 0 spiro atoms. The van der Waals surface area contributed by atoms with Gasteiger partial charge < -0.3 is 25.0 Å². The van der Waals surface area contributed by atoms with Crippen LogP contribution in [0, 0.1) is 6.92 Å². The Morgan fingerprint density at radius 3 is 2.83 bits per heavy atom. The van der Waals surface area contributed by atoms with Gasteiger partial charge in [-0.05, 0) is 19.1 Å². The number of nitrogens with one attached hydrogen (secondary N) is 1. The number of nitrogens with two attached hydrogens (primary N) is 1. The quantitative estimate of drug-likeness (QED) is 0.435. The molecule has 1 aromatic heterocycles. The van der Waals surface area contributed by atoms with Crippen LogP contribution in [0.1, 0.15) is 18.1 Å². The first kappa shape index (κ1) is 17.3. The lowest BCUT2D eigenvalue weighted by Crippen LogP contribution is -2.22. The molecule has 0 atom stereocenters. The molecular formula is C14H18IN5O3. The van der Waals surface area contributed by atoms with E-state index in [-0.39, 0.29) is 36.5 Å². The molecule has 0 amide bonds. The molecule has 9 heteroatoms. The highest BCUT2D eigenvalue weighted by Crippen LogP contribution is 2.32. The van der Waals surface area contributed by atoms with Crippen molar-refractivity contribution >= 4 is 35.6 Å². The number of hydrogen-bond donors (Lipinski definition) is 2. The number of aryl methyl sites for hydroxylation is 1. The predicted octanol–water partition coefficient (Wildman–Crippen LogP) is 2.08. The summed E-state index contributed by atoms with van der Waals surface area (Å²) < 4.78 is 16.2. The molecule has 1 aliphatic heterocycles. The fourth-order valence-electron chi connectivity index (χ4n) is 1.99. The Balaban J connectivity index is 0.00000192. The van der Waals surface area contributed by atoms with Crippen LogP contribution in [0.5, 0.6) is 11.5 Å². The van der Waals surface area contributed by atoms with Gasteiger partial charge in [-0.25, -0.2) is 4.99 Å². The fourth-order valence-corrected chi connectivity index (χ4v) is 1.99. The summed E-state index contributed by atoms with van der Waals surface area (Å²) in [7, 11) is 0. The summed E-state index contributed by atoms with van der Waals surface area (Å²) in [5.41, 5.74) is 6.61. The van der Waals surface area contributed by atoms with E-state index in [9.17, 15) is 0 Å². The van der Waals surface area contributed by atoms with Gasteiger partial charge in [-0.3, -0.25) is 0 Å². The molecule has 0 bridgehead atoms. The van der Waals surface area contributed by atoms with E-state index in [0.717, 1.165) is 17.9 Å². The first-order valence-corrected chi connectivity index (χ1v) is 6.96. The Morgan fingerprint density at radius 2 is 2.09 bits per heavy atom. The van der Waals surface area contributed by atoms with Crippen molar-refractivity contribution in [2.24, 2.45) is 10.7 Å². The average Bonchev–Trinajstić information content (AvgIpc) is 2.78. The highest BCUT2D eigenvalue weighted by Gasteiger charge is 2.11. The number of nitrogens with zero attached hydrogens (tertiary/aromatic N) is 3. The van der Waals surface area contributed by atoms with Crippen molar-refractivity contribution in [3.63, 3.8) is 0 Å². The molecule has 0 unspecified atom stereocenters. The molecular weight excluding hydrogens is 413 g/mol. The van der Waals surface area contributed by atoms with Gasteiger partial charge in [0.15, 0.2) is 23.3 Å². The van der Waals surface area contributed by atoms with Crippen molar-refractivity contribution in [3.05, 3.63) is 29.9 Å². The van der Waals surface area contributed by atoms with E-state index in [1.807, 2.05) is 18.2 Å². The van der Waals surface area contributed by atoms with Gasteiger partial charge in [-0.1, -0.05) is 5.16 Å². The normalized spacial score (nSPS) is 13.9. The minimum absolute atomic E-state index is 0. The summed E-state index contributed by atoms with van der Waals surface area (Å²) in [4.78, 5) is 8.20. The Morgan fingerprint density at radius 1 is 1.30 bits per heavy atom. The molecule has 0 aliphatic carbocycles. The zero-order valence-electron chi connectivity index (χ0n) is 12.6. The second kappa shape index (κ2) is 7.99. The topological polar surface area (TPSA) is 108 Å². The maximum Gasteiger partial charge on any atom is 0.248 e. The number of halogens is 1. The van der Waals surface area contributed by atoms with E-state index >= 15 is 0 Å². The zero-order chi connectivity index (χ0) is 15.4. The molecule has 0 radical (unpaired) electrons. The third kappa shape index (κ3) is 4.71. The molecule has 0 fully saturated rings. The number of aromatic nitrogens is 2. The third-order valence-electron chi connectivity index (χ3n) is 2.97. The molecule has 124 valence electrons. The predicted molar refractivity (Wildman–Crippen MR) is 95.4 cm³/mol. The van der Waals surface area contributed by atoms with E-state index in [1.165, 1.54) is 0 Å². The second-order valence-corrected chi connectivity index (χ2v) is 4.77. The van der Waals surface area contributed by atoms with E-state index in [0.29, 0.717) is 30.7 Å². The minimum Gasteiger partial charge on any atom is -0.490 e. The second-order valence-electron chi connectivity index (χ2n) is 4.77. The summed E-state index contributed by atoms with van der Waals surface area (Å²) in [6.07, 6.45) is 0.866. The highest BCUT2D eigenvalue weighted by atomic mass is 127. The molecule has 2 heterocycles. The van der Waals surface area contributed by atoms with Crippen LogP contribution in [-0.4, -0.2) is 29.3 Å². The lowest BCUT2D eigenvalue weighted by atomic mass is 10.3. The third-order valence-corrected chi connectivity index (χ3v) is 2.97. The SMILES string of the molecule is Cc1noc(CN=C(N)Nc2ccc3c(c2)OCCCO3)n1.I. The van der Waals surface area contributed by atoms with Crippen LogP contribution >= 0.6 is 24.0 Å². The molecule has 0 saturated carbocycles. The van der Waals surface area contributed by atoms with Crippen molar-refractivity contribution in [1.29, 1.82) is 0 Å². The van der Waals surface area contributed by atoms with Crippen LogP contribution in [0.3, 0.4) is 0 Å². The zero-order valence-corrected chi connectivity index (χ0v) is 14.9. The maximum absolute atomic E-state index is 5.84. The Hall–Kier alpha value is -2.04. The van der Waals surface area contributed by atoms with Crippen LogP contribution in [0.2, 0.25) is 0 Å². The Kier molecular flexibility index (Phi) is 6.02. The molecule has 1 aromatic carbocycles. The fraction of sp³-hybridized carbons (Fsp3) is 0.357. The number of benzene rings is 1. The van der Waals surface area contributed by atoms with Gasteiger partial charge in [-0.15, -0.1) is 24.0 Å². The van der Waals surface area contributed by atoms with Gasteiger partial charge in [-0.2, -0.15) is 4.98 Å². The Bertz CT molecular complexity index is 689. The number of ether oxygens (including phenoxy) is 2. The van der Waals surface area contributed by atoms with Crippen LogP contribution in [0.4, 0.5) is 5.69 Å². The van der Waals surface area contributed by atoms with Gasteiger partial charge in [0.2, 0.25) is 5.89 Å². The minimum atomic E-state index is 0. The average molecular weight is 431 g/mol. The highest BCUT2D eigenvalue weighted by molar-refractivity contribution is 14.0. The first-order chi connectivity index (χ1) is 10.7. The van der Waals surface area contributed by atoms with Gasteiger partial charge in [0.25, 0.3) is 0 Å². The maximum atomic E-state index is 5.84. The van der Waals surface area contributed by atoms with Gasteiger partial charge >= 0.3 is 0 Å². The molecule has 23 heavy (non-hydrogen) atoms. The smallest absolute Gasteiger partial charge is 0.248 e. The monoisotopic (exact) mass is 431 g/mol. The summed E-state index contributed by atoms with van der Waals surface area (Å²) in [6, 6.07) is 5.53. The van der Waals surface area contributed by atoms with Gasteiger partial charge in [0, 0.05) is 18.2 Å².